The highest BCUT2D eigenvalue weighted by Gasteiger charge is 2.43. The molecule has 0 bridgehead atoms. The molecule has 4 heteroatoms. The normalized spacial score (nSPS) is 12.4. The molecule has 0 saturated heterocycles. The second-order valence-electron chi connectivity index (χ2n) is 4.73. The van der Waals surface area contributed by atoms with E-state index in [1.807, 2.05) is 0 Å². The maximum atomic E-state index is 10.4. The Balaban J connectivity index is 4.26. The molecular weight excluding hydrogens is 232 g/mol. The van der Waals surface area contributed by atoms with E-state index in [9.17, 15) is 4.80 Å². The van der Waals surface area contributed by atoms with Crippen LogP contribution >= 0.6 is 0 Å². The van der Waals surface area contributed by atoms with Crippen molar-refractivity contribution in [2.45, 2.75) is 70.8 Å². The zero-order chi connectivity index (χ0) is 13.1. The third-order valence-electron chi connectivity index (χ3n) is 3.41. The summed E-state index contributed by atoms with van der Waals surface area (Å²) < 4.78 is 10.6. The molecule has 0 aliphatic rings. The van der Waals surface area contributed by atoms with E-state index in [0.29, 0.717) is 0 Å². The summed E-state index contributed by atoms with van der Waals surface area (Å²) in [6.45, 7) is 4.39. The first-order valence-corrected chi connectivity index (χ1v) is 8.81. The summed E-state index contributed by atoms with van der Waals surface area (Å²) >= 11 is 0. The van der Waals surface area contributed by atoms with Gasteiger partial charge in [0.05, 0.1) is 0 Å². The average Bonchev–Trinajstić information content (AvgIpc) is 2.36. The van der Waals surface area contributed by atoms with Crippen LogP contribution in [0.5, 0.6) is 0 Å². The Hall–Kier alpha value is 0.0969. The van der Waals surface area contributed by atoms with E-state index in [0.717, 1.165) is 25.7 Å². The van der Waals surface area contributed by atoms with Crippen molar-refractivity contribution in [1.29, 1.82) is 0 Å². The largest absolute Gasteiger partial charge is 0.500 e. The molecule has 0 unspecified atom stereocenters. The van der Waals surface area contributed by atoms with Gasteiger partial charge in [0.1, 0.15) is 0 Å². The van der Waals surface area contributed by atoms with Gasteiger partial charge in [-0.3, -0.25) is 0 Å². The van der Waals surface area contributed by atoms with Gasteiger partial charge in [-0.15, -0.1) is 0 Å². The van der Waals surface area contributed by atoms with Crippen LogP contribution in [0.15, 0.2) is 0 Å². The quantitative estimate of drug-likeness (QED) is 0.455. The number of hydrogen-bond acceptors (Lipinski definition) is 3. The van der Waals surface area contributed by atoms with Crippen LogP contribution in [0.2, 0.25) is 5.54 Å². The van der Waals surface area contributed by atoms with E-state index in [1.165, 1.54) is 25.7 Å². The molecule has 104 valence electrons. The van der Waals surface area contributed by atoms with Crippen molar-refractivity contribution >= 4 is 8.80 Å². The topological polar surface area (TPSA) is 38.7 Å². The standard InChI is InChI=1S/C13H30O3Si/c1-5-7-9-11-13(12-10-8-6-2)17(14,15-3)16-4/h13-14H,5-12H2,1-4H3. The van der Waals surface area contributed by atoms with Crippen molar-refractivity contribution in [3.05, 3.63) is 0 Å². The molecule has 0 amide bonds. The minimum Gasteiger partial charge on any atom is -0.390 e. The zero-order valence-electron chi connectivity index (χ0n) is 12.0. The van der Waals surface area contributed by atoms with Gasteiger partial charge in [0.2, 0.25) is 0 Å². The highest BCUT2D eigenvalue weighted by molar-refractivity contribution is 6.60. The first-order valence-electron chi connectivity index (χ1n) is 6.97. The van der Waals surface area contributed by atoms with Crippen molar-refractivity contribution in [2.75, 3.05) is 14.2 Å². The highest BCUT2D eigenvalue weighted by atomic mass is 28.4. The van der Waals surface area contributed by atoms with Gasteiger partial charge in [0, 0.05) is 19.8 Å². The third-order valence-corrected chi connectivity index (χ3v) is 6.19. The van der Waals surface area contributed by atoms with Crippen molar-refractivity contribution < 1.29 is 13.6 Å². The summed E-state index contributed by atoms with van der Waals surface area (Å²) in [5.41, 5.74) is 0.218. The first kappa shape index (κ1) is 17.1. The molecule has 0 fully saturated rings. The SMILES string of the molecule is CCCCCC(CCCCC)[Si](O)(OC)OC. The minimum absolute atomic E-state index is 0.218. The molecule has 0 atom stereocenters. The van der Waals surface area contributed by atoms with Gasteiger partial charge in [-0.25, -0.2) is 0 Å². The van der Waals surface area contributed by atoms with E-state index in [2.05, 4.69) is 13.8 Å². The monoisotopic (exact) mass is 262 g/mol. The van der Waals surface area contributed by atoms with Gasteiger partial charge in [0.25, 0.3) is 0 Å². The molecule has 0 rings (SSSR count). The molecule has 0 radical (unpaired) electrons. The number of rotatable bonds is 11. The van der Waals surface area contributed by atoms with Gasteiger partial charge in [-0.1, -0.05) is 52.4 Å². The van der Waals surface area contributed by atoms with Crippen LogP contribution in [0, 0.1) is 0 Å². The van der Waals surface area contributed by atoms with Crippen molar-refractivity contribution in [2.24, 2.45) is 0 Å². The lowest BCUT2D eigenvalue weighted by atomic mass is 10.1. The Morgan fingerprint density at radius 2 is 1.29 bits per heavy atom. The molecule has 0 aliphatic carbocycles. The maximum absolute atomic E-state index is 10.4. The lowest BCUT2D eigenvalue weighted by molar-refractivity contribution is 0.133. The Bertz CT molecular complexity index is 162. The first-order chi connectivity index (χ1) is 8.14. The molecule has 17 heavy (non-hydrogen) atoms. The summed E-state index contributed by atoms with van der Waals surface area (Å²) in [5, 5.41) is 0. The van der Waals surface area contributed by atoms with E-state index in [1.54, 1.807) is 14.2 Å². The number of unbranched alkanes of at least 4 members (excludes halogenated alkanes) is 4. The van der Waals surface area contributed by atoms with Crippen LogP contribution in [-0.2, 0) is 8.85 Å². The van der Waals surface area contributed by atoms with Crippen LogP contribution in [0.1, 0.15) is 65.2 Å². The van der Waals surface area contributed by atoms with Gasteiger partial charge >= 0.3 is 8.80 Å². The molecule has 0 aliphatic heterocycles. The van der Waals surface area contributed by atoms with Crippen LogP contribution in [0.3, 0.4) is 0 Å². The van der Waals surface area contributed by atoms with Crippen LogP contribution in [0.25, 0.3) is 0 Å². The lowest BCUT2D eigenvalue weighted by Gasteiger charge is -2.29. The van der Waals surface area contributed by atoms with Crippen LogP contribution in [-0.4, -0.2) is 27.8 Å². The maximum Gasteiger partial charge on any atom is 0.500 e. The smallest absolute Gasteiger partial charge is 0.390 e. The molecule has 0 aromatic carbocycles. The lowest BCUT2D eigenvalue weighted by Crippen LogP contribution is -2.45. The summed E-state index contributed by atoms with van der Waals surface area (Å²) in [5.74, 6) is 0. The van der Waals surface area contributed by atoms with E-state index in [-0.39, 0.29) is 5.54 Å². The summed E-state index contributed by atoms with van der Waals surface area (Å²) in [6, 6.07) is 0. The molecule has 0 aromatic heterocycles. The average molecular weight is 262 g/mol. The summed E-state index contributed by atoms with van der Waals surface area (Å²) in [4.78, 5) is 10.4. The molecule has 0 saturated carbocycles. The Kier molecular flexibility index (Phi) is 10.1. The molecular formula is C13H30O3Si. The molecule has 0 spiro atoms. The van der Waals surface area contributed by atoms with Gasteiger partial charge in [0.15, 0.2) is 0 Å². The molecule has 0 aromatic rings. The Morgan fingerprint density at radius 1 is 0.882 bits per heavy atom. The van der Waals surface area contributed by atoms with Crippen LogP contribution in [0.4, 0.5) is 0 Å². The van der Waals surface area contributed by atoms with Crippen LogP contribution < -0.4 is 0 Å². The predicted molar refractivity (Wildman–Crippen MR) is 74.0 cm³/mol. The van der Waals surface area contributed by atoms with Crippen molar-refractivity contribution in [3.63, 3.8) is 0 Å². The van der Waals surface area contributed by atoms with Gasteiger partial charge < -0.3 is 13.6 Å². The van der Waals surface area contributed by atoms with Gasteiger partial charge in [-0.05, 0) is 12.8 Å². The summed E-state index contributed by atoms with van der Waals surface area (Å²) in [6.07, 6.45) is 9.25. The fourth-order valence-electron chi connectivity index (χ4n) is 2.21. The zero-order valence-corrected chi connectivity index (χ0v) is 13.0. The van der Waals surface area contributed by atoms with Crippen molar-refractivity contribution in [3.8, 4) is 0 Å². The van der Waals surface area contributed by atoms with Crippen molar-refractivity contribution in [1.82, 2.24) is 0 Å². The van der Waals surface area contributed by atoms with Gasteiger partial charge in [-0.2, -0.15) is 0 Å². The predicted octanol–water partition coefficient (Wildman–Crippen LogP) is 3.74. The second-order valence-corrected chi connectivity index (χ2v) is 7.62. The fourth-order valence-corrected chi connectivity index (χ4v) is 4.18. The minimum atomic E-state index is -2.93. The highest BCUT2D eigenvalue weighted by Crippen LogP contribution is 2.32. The van der Waals surface area contributed by atoms with E-state index in [4.69, 9.17) is 8.85 Å². The summed E-state index contributed by atoms with van der Waals surface area (Å²) in [7, 11) is 0.217. The Labute approximate surface area is 108 Å². The molecule has 3 nitrogen and oxygen atoms in total. The fraction of sp³-hybridized carbons (Fsp3) is 1.00. The van der Waals surface area contributed by atoms with E-state index < -0.39 is 8.80 Å². The van der Waals surface area contributed by atoms with E-state index >= 15 is 0 Å². The molecule has 0 heterocycles. The third kappa shape index (κ3) is 6.55. The number of hydrogen-bond donors (Lipinski definition) is 1. The Morgan fingerprint density at radius 3 is 1.59 bits per heavy atom. The second kappa shape index (κ2) is 10.1. The molecule has 1 N–H and O–H groups in total.